The van der Waals surface area contributed by atoms with Gasteiger partial charge in [0.25, 0.3) is 0 Å². The van der Waals surface area contributed by atoms with E-state index < -0.39 is 0 Å². The number of aromatic nitrogens is 4. The molecule has 5 heteroatoms. The molecule has 0 saturated carbocycles. The van der Waals surface area contributed by atoms with Crippen molar-refractivity contribution < 1.29 is 4.79 Å². The smallest absolute Gasteiger partial charge is 0.168 e. The molecule has 3 aromatic heterocycles. The van der Waals surface area contributed by atoms with Crippen molar-refractivity contribution in [3.63, 3.8) is 0 Å². The van der Waals surface area contributed by atoms with Crippen molar-refractivity contribution >= 4 is 27.5 Å². The molecule has 0 unspecified atom stereocenters. The lowest BCUT2D eigenvalue weighted by atomic mass is 10.0. The molecule has 0 saturated heterocycles. The molecule has 5 nitrogen and oxygen atoms in total. The van der Waals surface area contributed by atoms with E-state index in [1.807, 2.05) is 68.1 Å². The Labute approximate surface area is 167 Å². The zero-order valence-electron chi connectivity index (χ0n) is 15.9. The summed E-state index contributed by atoms with van der Waals surface area (Å²) in [4.78, 5) is 21.6. The number of benzene rings is 2. The summed E-state index contributed by atoms with van der Waals surface area (Å²) >= 11 is 0. The van der Waals surface area contributed by atoms with Crippen LogP contribution in [-0.2, 0) is 13.5 Å². The molecule has 0 fully saturated rings. The maximum absolute atomic E-state index is 12.8. The van der Waals surface area contributed by atoms with Gasteiger partial charge in [-0.3, -0.25) is 19.4 Å². The van der Waals surface area contributed by atoms with Crippen LogP contribution < -0.4 is 0 Å². The Hall–Kier alpha value is -3.86. The molecule has 29 heavy (non-hydrogen) atoms. The fraction of sp³-hybridized carbons (Fsp3) is 0.0833. The normalized spacial score (nSPS) is 11.2. The van der Waals surface area contributed by atoms with E-state index in [0.29, 0.717) is 5.56 Å². The summed E-state index contributed by atoms with van der Waals surface area (Å²) in [7, 11) is 1.90. The summed E-state index contributed by atoms with van der Waals surface area (Å²) in [6.45, 7) is 0. The molecule has 5 rings (SSSR count). The summed E-state index contributed by atoms with van der Waals surface area (Å²) in [5, 5.41) is 7.37. The third-order valence-electron chi connectivity index (χ3n) is 5.09. The number of aryl methyl sites for hydroxylation is 1. The van der Waals surface area contributed by atoms with Crippen LogP contribution in [0.3, 0.4) is 0 Å². The minimum absolute atomic E-state index is 0.0350. The van der Waals surface area contributed by atoms with E-state index in [1.165, 1.54) is 0 Å². The van der Waals surface area contributed by atoms with Gasteiger partial charge in [0.05, 0.1) is 18.1 Å². The van der Waals surface area contributed by atoms with E-state index >= 15 is 0 Å². The number of hydrogen-bond acceptors (Lipinski definition) is 4. The van der Waals surface area contributed by atoms with Crippen LogP contribution in [-0.4, -0.2) is 25.5 Å². The van der Waals surface area contributed by atoms with Crippen LogP contribution in [0.5, 0.6) is 0 Å². The number of pyridine rings is 2. The van der Waals surface area contributed by atoms with E-state index in [-0.39, 0.29) is 12.2 Å². The molecule has 5 aromatic rings. The van der Waals surface area contributed by atoms with Crippen LogP contribution in [0.1, 0.15) is 16.1 Å². The van der Waals surface area contributed by atoms with Gasteiger partial charge in [0, 0.05) is 53.2 Å². The molecule has 0 N–H and O–H groups in total. The Morgan fingerprint density at radius 2 is 1.79 bits per heavy atom. The van der Waals surface area contributed by atoms with Gasteiger partial charge in [0.2, 0.25) is 0 Å². The Morgan fingerprint density at radius 1 is 0.897 bits per heavy atom. The van der Waals surface area contributed by atoms with Gasteiger partial charge in [0.15, 0.2) is 5.78 Å². The Balaban J connectivity index is 1.45. The Bertz CT molecular complexity index is 1370. The number of Topliss-reactive ketones (excluding diaryl/α,β-unsaturated/α-hetero) is 1. The molecule has 0 spiro atoms. The van der Waals surface area contributed by atoms with Gasteiger partial charge in [-0.1, -0.05) is 30.3 Å². The number of ketones is 1. The summed E-state index contributed by atoms with van der Waals surface area (Å²) in [5.41, 5.74) is 4.39. The first-order valence-electron chi connectivity index (χ1n) is 9.41. The van der Waals surface area contributed by atoms with E-state index in [4.69, 9.17) is 0 Å². The monoisotopic (exact) mass is 378 g/mol. The quantitative estimate of drug-likeness (QED) is 0.429. The largest absolute Gasteiger partial charge is 0.294 e. The zero-order valence-corrected chi connectivity index (χ0v) is 15.9. The fourth-order valence-corrected chi connectivity index (χ4v) is 3.54. The van der Waals surface area contributed by atoms with Crippen LogP contribution in [0, 0.1) is 0 Å². The molecule has 0 atom stereocenters. The molecule has 0 radical (unpaired) electrons. The standard InChI is InChI=1S/C24H18N4O/c1-28-15-21(14-27-28)17-5-7-19-13-26-22(10-20(19)9-17)12-24(29)18-6-4-16-3-2-8-25-23(16)11-18/h2-11,13-15H,12H2,1H3. The highest BCUT2D eigenvalue weighted by atomic mass is 16.1. The summed E-state index contributed by atoms with van der Waals surface area (Å²) in [5.74, 6) is 0.0350. The third kappa shape index (κ3) is 3.38. The topological polar surface area (TPSA) is 60.7 Å². The summed E-state index contributed by atoms with van der Waals surface area (Å²) < 4.78 is 1.79. The van der Waals surface area contributed by atoms with Gasteiger partial charge < -0.3 is 0 Å². The number of carbonyl (C=O) groups is 1. The number of carbonyl (C=O) groups excluding carboxylic acids is 1. The van der Waals surface area contributed by atoms with Crippen molar-refractivity contribution in [2.24, 2.45) is 7.05 Å². The molecular formula is C24H18N4O. The molecule has 2 aromatic carbocycles. The molecule has 0 aliphatic carbocycles. The van der Waals surface area contributed by atoms with Crippen LogP contribution in [0.25, 0.3) is 32.8 Å². The lowest BCUT2D eigenvalue weighted by Gasteiger charge is -2.06. The Kier molecular flexibility index (Phi) is 4.13. The first-order chi connectivity index (χ1) is 14.2. The zero-order chi connectivity index (χ0) is 19.8. The van der Waals surface area contributed by atoms with Crippen molar-refractivity contribution in [2.45, 2.75) is 6.42 Å². The second kappa shape index (κ2) is 6.95. The predicted molar refractivity (Wildman–Crippen MR) is 114 cm³/mol. The first kappa shape index (κ1) is 17.3. The predicted octanol–water partition coefficient (Wildman–Crippen LogP) is 4.61. The minimum atomic E-state index is 0.0350. The van der Waals surface area contributed by atoms with Gasteiger partial charge in [-0.05, 0) is 35.2 Å². The van der Waals surface area contributed by atoms with Crippen LogP contribution >= 0.6 is 0 Å². The second-order valence-electron chi connectivity index (χ2n) is 7.15. The van der Waals surface area contributed by atoms with Crippen molar-refractivity contribution in [1.82, 2.24) is 19.7 Å². The van der Waals surface area contributed by atoms with Gasteiger partial charge >= 0.3 is 0 Å². The van der Waals surface area contributed by atoms with Crippen molar-refractivity contribution in [3.05, 3.63) is 90.6 Å². The van der Waals surface area contributed by atoms with E-state index in [1.54, 1.807) is 10.9 Å². The van der Waals surface area contributed by atoms with Gasteiger partial charge in [-0.25, -0.2) is 0 Å². The molecule has 0 bridgehead atoms. The van der Waals surface area contributed by atoms with Crippen molar-refractivity contribution in [1.29, 1.82) is 0 Å². The summed E-state index contributed by atoms with van der Waals surface area (Å²) in [6, 6.07) is 17.7. The lowest BCUT2D eigenvalue weighted by Crippen LogP contribution is -2.05. The maximum atomic E-state index is 12.8. The maximum Gasteiger partial charge on any atom is 0.168 e. The number of nitrogens with zero attached hydrogens (tertiary/aromatic N) is 4. The Morgan fingerprint density at radius 3 is 2.66 bits per heavy atom. The first-order valence-corrected chi connectivity index (χ1v) is 9.41. The highest BCUT2D eigenvalue weighted by Crippen LogP contribution is 2.24. The molecule has 3 heterocycles. The van der Waals surface area contributed by atoms with Crippen LogP contribution in [0.2, 0.25) is 0 Å². The molecule has 140 valence electrons. The molecular weight excluding hydrogens is 360 g/mol. The van der Waals surface area contributed by atoms with E-state index in [9.17, 15) is 4.79 Å². The van der Waals surface area contributed by atoms with Gasteiger partial charge in [0.1, 0.15) is 0 Å². The fourth-order valence-electron chi connectivity index (χ4n) is 3.54. The second-order valence-corrected chi connectivity index (χ2v) is 7.15. The molecule has 0 amide bonds. The molecule has 0 aliphatic heterocycles. The van der Waals surface area contributed by atoms with Crippen LogP contribution in [0.15, 0.2) is 79.4 Å². The van der Waals surface area contributed by atoms with Crippen LogP contribution in [0.4, 0.5) is 0 Å². The minimum Gasteiger partial charge on any atom is -0.294 e. The number of rotatable bonds is 4. The highest BCUT2D eigenvalue weighted by molar-refractivity contribution is 6.00. The lowest BCUT2D eigenvalue weighted by molar-refractivity contribution is 0.0992. The van der Waals surface area contributed by atoms with E-state index in [0.717, 1.165) is 38.5 Å². The van der Waals surface area contributed by atoms with Crippen molar-refractivity contribution in [2.75, 3.05) is 0 Å². The van der Waals surface area contributed by atoms with E-state index in [2.05, 4.69) is 27.2 Å². The van der Waals surface area contributed by atoms with Crippen molar-refractivity contribution in [3.8, 4) is 11.1 Å². The van der Waals surface area contributed by atoms with Gasteiger partial charge in [-0.2, -0.15) is 5.10 Å². The highest BCUT2D eigenvalue weighted by Gasteiger charge is 2.10. The molecule has 0 aliphatic rings. The van der Waals surface area contributed by atoms with Gasteiger partial charge in [-0.15, -0.1) is 0 Å². The average molecular weight is 378 g/mol. The number of fused-ring (bicyclic) bond motifs is 2. The number of hydrogen-bond donors (Lipinski definition) is 0. The summed E-state index contributed by atoms with van der Waals surface area (Å²) in [6.07, 6.45) is 7.65. The third-order valence-corrected chi connectivity index (χ3v) is 5.09. The average Bonchev–Trinajstić information content (AvgIpc) is 3.19. The SMILES string of the molecule is Cn1cc(-c2ccc3cnc(CC(=O)c4ccc5cccnc5c4)cc3c2)cn1.